The molecule has 3 heterocycles. The second-order valence-corrected chi connectivity index (χ2v) is 4.49. The van der Waals surface area contributed by atoms with Crippen LogP contribution in [0.4, 0.5) is 5.82 Å². The fourth-order valence-electron chi connectivity index (χ4n) is 2.45. The van der Waals surface area contributed by atoms with Crippen molar-refractivity contribution in [3.8, 4) is 11.1 Å². The molecule has 0 aliphatic carbocycles. The van der Waals surface area contributed by atoms with E-state index in [9.17, 15) is 0 Å². The van der Waals surface area contributed by atoms with E-state index in [1.165, 1.54) is 0 Å². The Kier molecular flexibility index (Phi) is 1.84. The lowest BCUT2D eigenvalue weighted by Crippen LogP contribution is -1.98. The molecule has 3 aromatic heterocycles. The smallest absolute Gasteiger partial charge is 0.142 e. The van der Waals surface area contributed by atoms with Crippen LogP contribution in [0.5, 0.6) is 0 Å². The Morgan fingerprint density at radius 1 is 1.21 bits per heavy atom. The summed E-state index contributed by atoms with van der Waals surface area (Å²) in [5.41, 5.74) is 9.48. The largest absolute Gasteiger partial charge is 0.464 e. The zero-order chi connectivity index (χ0) is 13.0. The van der Waals surface area contributed by atoms with Crippen LogP contribution in [0.15, 0.2) is 45.8 Å². The number of nitrogen functional groups attached to an aromatic ring is 1. The molecule has 2 N–H and O–H groups in total. The van der Waals surface area contributed by atoms with E-state index in [0.717, 1.165) is 33.1 Å². The van der Waals surface area contributed by atoms with Gasteiger partial charge in [-0.05, 0) is 18.2 Å². The van der Waals surface area contributed by atoms with Gasteiger partial charge in [0.05, 0.1) is 18.7 Å². The number of anilines is 1. The lowest BCUT2D eigenvalue weighted by Gasteiger charge is -2.04. The van der Waals surface area contributed by atoms with E-state index in [-0.39, 0.29) is 0 Å². The minimum Gasteiger partial charge on any atom is -0.464 e. The molecule has 0 aliphatic rings. The summed E-state index contributed by atoms with van der Waals surface area (Å²) in [5.74, 6) is 0.603. The van der Waals surface area contributed by atoms with Crippen LogP contribution in [0, 0.1) is 0 Å². The summed E-state index contributed by atoms with van der Waals surface area (Å²) in [5, 5.41) is 6.16. The van der Waals surface area contributed by atoms with Crippen LogP contribution >= 0.6 is 0 Å². The van der Waals surface area contributed by atoms with Gasteiger partial charge in [-0.3, -0.25) is 4.68 Å². The van der Waals surface area contributed by atoms with Gasteiger partial charge in [0, 0.05) is 28.9 Å². The molecule has 0 unspecified atom stereocenters. The molecule has 5 nitrogen and oxygen atoms in total. The number of aryl methyl sites for hydroxylation is 1. The molecule has 1 aromatic carbocycles. The van der Waals surface area contributed by atoms with Crippen LogP contribution in [0.1, 0.15) is 0 Å². The molecule has 4 rings (SSSR count). The van der Waals surface area contributed by atoms with Crippen molar-refractivity contribution in [1.82, 2.24) is 9.78 Å². The lowest BCUT2D eigenvalue weighted by atomic mass is 10.0. The highest BCUT2D eigenvalue weighted by Crippen LogP contribution is 2.39. The Labute approximate surface area is 108 Å². The summed E-state index contributed by atoms with van der Waals surface area (Å²) < 4.78 is 12.7. The number of furan rings is 2. The minimum atomic E-state index is 0.603. The molecule has 94 valence electrons. The predicted molar refractivity (Wildman–Crippen MR) is 72.6 cm³/mol. The van der Waals surface area contributed by atoms with Gasteiger partial charge in [0.15, 0.2) is 0 Å². The second-order valence-electron chi connectivity index (χ2n) is 4.49. The number of nitrogens with two attached hydrogens (primary N) is 1. The fourth-order valence-corrected chi connectivity index (χ4v) is 2.45. The Bertz CT molecular complexity index is 849. The maximum Gasteiger partial charge on any atom is 0.142 e. The zero-order valence-corrected chi connectivity index (χ0v) is 10.3. The van der Waals surface area contributed by atoms with E-state index in [1.807, 2.05) is 25.2 Å². The summed E-state index contributed by atoms with van der Waals surface area (Å²) in [4.78, 5) is 0. The van der Waals surface area contributed by atoms with Gasteiger partial charge in [-0.1, -0.05) is 0 Å². The first-order chi connectivity index (χ1) is 9.25. The van der Waals surface area contributed by atoms with Crippen molar-refractivity contribution in [1.29, 1.82) is 0 Å². The Hall–Kier alpha value is -2.69. The molecule has 5 heteroatoms. The van der Waals surface area contributed by atoms with Gasteiger partial charge in [0.25, 0.3) is 0 Å². The topological polar surface area (TPSA) is 70.1 Å². The van der Waals surface area contributed by atoms with Crippen LogP contribution in [-0.2, 0) is 7.05 Å². The molecule has 0 aliphatic heterocycles. The Morgan fingerprint density at radius 3 is 2.84 bits per heavy atom. The molecular weight excluding hydrogens is 242 g/mol. The monoisotopic (exact) mass is 253 g/mol. The van der Waals surface area contributed by atoms with Crippen molar-refractivity contribution in [3.05, 3.63) is 36.9 Å². The van der Waals surface area contributed by atoms with Crippen molar-refractivity contribution in [3.63, 3.8) is 0 Å². The third kappa shape index (κ3) is 1.26. The standard InChI is InChI=1S/C14H11N3O2/c1-17-14(15)10(7-16-17)12-9-3-5-18-11(9)6-8-2-4-19-13(8)12/h2-7H,15H2,1H3. The molecular formula is C14H11N3O2. The number of fused-ring (bicyclic) bond motifs is 2. The zero-order valence-electron chi connectivity index (χ0n) is 10.3. The van der Waals surface area contributed by atoms with Crippen LogP contribution in [-0.4, -0.2) is 9.78 Å². The van der Waals surface area contributed by atoms with Crippen LogP contribution in [0.3, 0.4) is 0 Å². The quantitative estimate of drug-likeness (QED) is 0.565. The number of aromatic nitrogens is 2. The van der Waals surface area contributed by atoms with Gasteiger partial charge in [-0.15, -0.1) is 0 Å². The molecule has 0 saturated heterocycles. The molecule has 0 saturated carbocycles. The normalized spacial score (nSPS) is 11.6. The first kappa shape index (κ1) is 10.3. The average Bonchev–Trinajstić information content (AvgIpc) is 3.09. The predicted octanol–water partition coefficient (Wildman–Crippen LogP) is 3.16. The molecule has 0 amide bonds. The summed E-state index contributed by atoms with van der Waals surface area (Å²) in [7, 11) is 1.81. The highest BCUT2D eigenvalue weighted by atomic mass is 16.3. The van der Waals surface area contributed by atoms with E-state index in [1.54, 1.807) is 23.4 Å². The van der Waals surface area contributed by atoms with E-state index in [2.05, 4.69) is 5.10 Å². The van der Waals surface area contributed by atoms with Gasteiger partial charge in [-0.2, -0.15) is 5.10 Å². The van der Waals surface area contributed by atoms with Crippen molar-refractivity contribution < 1.29 is 8.83 Å². The van der Waals surface area contributed by atoms with E-state index in [0.29, 0.717) is 5.82 Å². The highest BCUT2D eigenvalue weighted by molar-refractivity contribution is 6.10. The summed E-state index contributed by atoms with van der Waals surface area (Å²) >= 11 is 0. The van der Waals surface area contributed by atoms with Gasteiger partial charge >= 0.3 is 0 Å². The maximum atomic E-state index is 6.08. The van der Waals surface area contributed by atoms with Gasteiger partial charge in [0.1, 0.15) is 17.0 Å². The van der Waals surface area contributed by atoms with Crippen molar-refractivity contribution >= 4 is 27.8 Å². The highest BCUT2D eigenvalue weighted by Gasteiger charge is 2.18. The number of hydrogen-bond acceptors (Lipinski definition) is 4. The number of hydrogen-bond donors (Lipinski definition) is 1. The Balaban J connectivity index is 2.23. The average molecular weight is 253 g/mol. The number of benzene rings is 1. The SMILES string of the molecule is Cn1ncc(-c2c3ccoc3cc3ccoc23)c1N. The maximum absolute atomic E-state index is 6.08. The molecule has 0 fully saturated rings. The third-order valence-corrected chi connectivity index (χ3v) is 3.43. The van der Waals surface area contributed by atoms with Crippen molar-refractivity contribution in [2.45, 2.75) is 0 Å². The summed E-state index contributed by atoms with van der Waals surface area (Å²) in [6, 6.07) is 5.79. The van der Waals surface area contributed by atoms with Crippen molar-refractivity contribution in [2.24, 2.45) is 7.05 Å². The lowest BCUT2D eigenvalue weighted by molar-refractivity contribution is 0.613. The van der Waals surface area contributed by atoms with Gasteiger partial charge in [-0.25, -0.2) is 0 Å². The molecule has 0 radical (unpaired) electrons. The number of nitrogens with zero attached hydrogens (tertiary/aromatic N) is 2. The summed E-state index contributed by atoms with van der Waals surface area (Å²) in [6.07, 6.45) is 5.08. The van der Waals surface area contributed by atoms with Crippen LogP contribution < -0.4 is 5.73 Å². The summed E-state index contributed by atoms with van der Waals surface area (Å²) in [6.45, 7) is 0. The van der Waals surface area contributed by atoms with Crippen LogP contribution in [0.25, 0.3) is 33.1 Å². The van der Waals surface area contributed by atoms with Gasteiger partial charge < -0.3 is 14.6 Å². The molecule has 4 aromatic rings. The first-order valence-corrected chi connectivity index (χ1v) is 5.91. The van der Waals surface area contributed by atoms with E-state index in [4.69, 9.17) is 14.6 Å². The Morgan fingerprint density at radius 2 is 2.05 bits per heavy atom. The molecule has 19 heavy (non-hydrogen) atoms. The van der Waals surface area contributed by atoms with E-state index < -0.39 is 0 Å². The van der Waals surface area contributed by atoms with Crippen LogP contribution in [0.2, 0.25) is 0 Å². The van der Waals surface area contributed by atoms with Crippen molar-refractivity contribution in [2.75, 3.05) is 5.73 Å². The fraction of sp³-hybridized carbons (Fsp3) is 0.0714. The second kappa shape index (κ2) is 3.41. The molecule has 0 bridgehead atoms. The number of rotatable bonds is 1. The van der Waals surface area contributed by atoms with E-state index >= 15 is 0 Å². The van der Waals surface area contributed by atoms with Gasteiger partial charge in [0.2, 0.25) is 0 Å². The molecule has 0 spiro atoms. The third-order valence-electron chi connectivity index (χ3n) is 3.43. The first-order valence-electron chi connectivity index (χ1n) is 5.91. The minimum absolute atomic E-state index is 0.603. The molecule has 0 atom stereocenters.